The lowest BCUT2D eigenvalue weighted by Gasteiger charge is -2.28. The topological polar surface area (TPSA) is 84.7 Å². The molecule has 6 nitrogen and oxygen atoms in total. The van der Waals surface area contributed by atoms with Crippen molar-refractivity contribution in [3.8, 4) is 0 Å². The Bertz CT molecular complexity index is 1250. The normalized spacial score (nSPS) is 18.0. The molecule has 0 saturated carbocycles. The Morgan fingerprint density at radius 3 is 2.66 bits per heavy atom. The Kier molecular flexibility index (Phi) is 5.19. The van der Waals surface area contributed by atoms with E-state index in [0.29, 0.717) is 22.4 Å². The van der Waals surface area contributed by atoms with E-state index in [1.807, 2.05) is 6.07 Å². The van der Waals surface area contributed by atoms with Crippen LogP contribution in [0.25, 0.3) is 11.0 Å². The number of hydrogen-bond donors (Lipinski definition) is 0. The van der Waals surface area contributed by atoms with Gasteiger partial charge in [0, 0.05) is 23.7 Å². The third-order valence-corrected chi connectivity index (χ3v) is 6.98. The summed E-state index contributed by atoms with van der Waals surface area (Å²) in [4.78, 5) is 27.2. The second-order valence-electron chi connectivity index (χ2n) is 7.09. The van der Waals surface area contributed by atoms with Gasteiger partial charge in [0.15, 0.2) is 21.0 Å². The maximum absolute atomic E-state index is 13.3. The molecule has 3 aromatic rings. The summed E-state index contributed by atoms with van der Waals surface area (Å²) >= 11 is 6.06. The first-order chi connectivity index (χ1) is 13.8. The summed E-state index contributed by atoms with van der Waals surface area (Å²) in [6.07, 6.45) is 0.340. The van der Waals surface area contributed by atoms with Gasteiger partial charge < -0.3 is 9.32 Å². The predicted molar refractivity (Wildman–Crippen MR) is 111 cm³/mol. The van der Waals surface area contributed by atoms with Gasteiger partial charge in [0.05, 0.1) is 16.9 Å². The Labute approximate surface area is 172 Å². The van der Waals surface area contributed by atoms with Crippen molar-refractivity contribution in [1.82, 2.24) is 4.90 Å². The summed E-state index contributed by atoms with van der Waals surface area (Å²) in [6, 6.07) is 14.4. The van der Waals surface area contributed by atoms with Gasteiger partial charge in [0.25, 0.3) is 5.91 Å². The van der Waals surface area contributed by atoms with Gasteiger partial charge in [-0.3, -0.25) is 9.59 Å². The lowest BCUT2D eigenvalue weighted by atomic mass is 10.1. The van der Waals surface area contributed by atoms with Gasteiger partial charge in [-0.1, -0.05) is 35.9 Å². The van der Waals surface area contributed by atoms with Gasteiger partial charge in [-0.15, -0.1) is 0 Å². The molecule has 1 atom stereocenters. The van der Waals surface area contributed by atoms with Crippen molar-refractivity contribution in [3.05, 3.63) is 81.2 Å². The first-order valence-corrected chi connectivity index (χ1v) is 11.3. The van der Waals surface area contributed by atoms with Crippen molar-refractivity contribution in [3.63, 3.8) is 0 Å². The average Bonchev–Trinajstić information content (AvgIpc) is 3.05. The Balaban J connectivity index is 1.74. The molecular weight excluding hydrogens is 414 g/mol. The van der Waals surface area contributed by atoms with E-state index in [1.54, 1.807) is 42.5 Å². The maximum Gasteiger partial charge on any atom is 0.290 e. The number of benzene rings is 2. The molecule has 1 unspecified atom stereocenters. The number of carbonyl (C=O) groups excluding carboxylic acids is 1. The fraction of sp³-hybridized carbons (Fsp3) is 0.238. The molecule has 29 heavy (non-hydrogen) atoms. The molecule has 0 radical (unpaired) electrons. The molecule has 150 valence electrons. The second kappa shape index (κ2) is 7.65. The van der Waals surface area contributed by atoms with Crippen molar-refractivity contribution in [1.29, 1.82) is 0 Å². The quantitative estimate of drug-likeness (QED) is 0.633. The van der Waals surface area contributed by atoms with Crippen molar-refractivity contribution < 1.29 is 17.6 Å². The van der Waals surface area contributed by atoms with Crippen LogP contribution in [0.5, 0.6) is 0 Å². The van der Waals surface area contributed by atoms with E-state index in [4.69, 9.17) is 16.0 Å². The highest BCUT2D eigenvalue weighted by Gasteiger charge is 2.36. The Hall–Kier alpha value is -2.64. The summed E-state index contributed by atoms with van der Waals surface area (Å²) < 4.78 is 29.7. The van der Waals surface area contributed by atoms with Gasteiger partial charge in [-0.05, 0) is 36.2 Å². The molecule has 0 spiro atoms. The molecule has 1 aliphatic rings. The zero-order valence-electron chi connectivity index (χ0n) is 15.4. The molecule has 1 saturated heterocycles. The lowest BCUT2D eigenvalue weighted by Crippen LogP contribution is -2.40. The number of halogens is 1. The zero-order chi connectivity index (χ0) is 20.6. The third-order valence-electron chi connectivity index (χ3n) is 5.00. The standard InChI is InChI=1S/C21H18ClNO5S/c22-15-5-3-4-14(10-15)12-23(16-8-9-29(26,27)13-16)21(25)20-11-18(24)17-6-1-2-7-19(17)28-20/h1-7,10-11,16H,8-9,12-13H2. The number of amides is 1. The summed E-state index contributed by atoms with van der Waals surface area (Å²) in [5.41, 5.74) is 0.750. The molecule has 0 N–H and O–H groups in total. The Morgan fingerprint density at radius 1 is 1.14 bits per heavy atom. The molecule has 1 aromatic heterocycles. The summed E-state index contributed by atoms with van der Waals surface area (Å²) in [5, 5.41) is 0.903. The summed E-state index contributed by atoms with van der Waals surface area (Å²) in [7, 11) is -3.21. The molecule has 0 aliphatic carbocycles. The van der Waals surface area contributed by atoms with Crippen LogP contribution in [0.3, 0.4) is 0 Å². The summed E-state index contributed by atoms with van der Waals surface area (Å²) in [6.45, 7) is 0.163. The van der Waals surface area contributed by atoms with Crippen molar-refractivity contribution >= 4 is 38.3 Å². The van der Waals surface area contributed by atoms with Gasteiger partial charge in [0.1, 0.15) is 5.58 Å². The number of rotatable bonds is 4. The van der Waals surface area contributed by atoms with E-state index in [0.717, 1.165) is 5.56 Å². The van der Waals surface area contributed by atoms with Crippen LogP contribution in [-0.4, -0.2) is 36.8 Å². The zero-order valence-corrected chi connectivity index (χ0v) is 16.9. The summed E-state index contributed by atoms with van der Waals surface area (Å²) in [5.74, 6) is -0.717. The van der Waals surface area contributed by atoms with Crippen LogP contribution >= 0.6 is 11.6 Å². The largest absolute Gasteiger partial charge is 0.451 e. The first kappa shape index (κ1) is 19.7. The van der Waals surface area contributed by atoms with Crippen molar-refractivity contribution in [2.75, 3.05) is 11.5 Å². The van der Waals surface area contributed by atoms with Gasteiger partial charge in [-0.2, -0.15) is 0 Å². The SMILES string of the molecule is O=C(c1cc(=O)c2ccccc2o1)N(Cc1cccc(Cl)c1)C1CCS(=O)(=O)C1. The fourth-order valence-corrected chi connectivity index (χ4v) is 5.51. The van der Waals surface area contributed by atoms with Crippen LogP contribution in [0, 0.1) is 0 Å². The van der Waals surface area contributed by atoms with Crippen LogP contribution in [-0.2, 0) is 16.4 Å². The predicted octanol–water partition coefficient (Wildman–Crippen LogP) is 3.28. The number of para-hydroxylation sites is 1. The molecule has 4 rings (SSSR count). The van der Waals surface area contributed by atoms with Crippen molar-refractivity contribution in [2.24, 2.45) is 0 Å². The molecule has 0 bridgehead atoms. The Morgan fingerprint density at radius 2 is 1.93 bits per heavy atom. The van der Waals surface area contributed by atoms with E-state index < -0.39 is 21.8 Å². The van der Waals surface area contributed by atoms with Crippen LogP contribution in [0.1, 0.15) is 22.5 Å². The van der Waals surface area contributed by atoms with E-state index >= 15 is 0 Å². The third kappa shape index (κ3) is 4.21. The monoisotopic (exact) mass is 431 g/mol. The minimum absolute atomic E-state index is 0.0264. The van der Waals surface area contributed by atoms with E-state index in [2.05, 4.69) is 0 Å². The maximum atomic E-state index is 13.3. The average molecular weight is 432 g/mol. The minimum Gasteiger partial charge on any atom is -0.451 e. The molecule has 8 heteroatoms. The van der Waals surface area contributed by atoms with Crippen LogP contribution < -0.4 is 5.43 Å². The van der Waals surface area contributed by atoms with Crippen LogP contribution in [0.2, 0.25) is 5.02 Å². The van der Waals surface area contributed by atoms with Crippen molar-refractivity contribution in [2.45, 2.75) is 19.0 Å². The van der Waals surface area contributed by atoms with Crippen LogP contribution in [0.15, 0.2) is 63.8 Å². The lowest BCUT2D eigenvalue weighted by molar-refractivity contribution is 0.0648. The van der Waals surface area contributed by atoms with E-state index in [9.17, 15) is 18.0 Å². The highest BCUT2D eigenvalue weighted by Crippen LogP contribution is 2.24. The number of fused-ring (bicyclic) bond motifs is 1. The highest BCUT2D eigenvalue weighted by molar-refractivity contribution is 7.91. The number of hydrogen-bond acceptors (Lipinski definition) is 5. The van der Waals surface area contributed by atoms with E-state index in [-0.39, 0.29) is 29.2 Å². The molecule has 1 amide bonds. The molecule has 2 aromatic carbocycles. The molecular formula is C21H18ClNO5S. The first-order valence-electron chi connectivity index (χ1n) is 9.11. The number of nitrogens with zero attached hydrogens (tertiary/aromatic N) is 1. The number of sulfone groups is 1. The van der Waals surface area contributed by atoms with Gasteiger partial charge >= 0.3 is 0 Å². The highest BCUT2D eigenvalue weighted by atomic mass is 35.5. The number of carbonyl (C=O) groups is 1. The van der Waals surface area contributed by atoms with Gasteiger partial charge in [0.2, 0.25) is 0 Å². The molecule has 2 heterocycles. The molecule has 1 aliphatic heterocycles. The molecule has 1 fully saturated rings. The smallest absolute Gasteiger partial charge is 0.290 e. The van der Waals surface area contributed by atoms with E-state index in [1.165, 1.54) is 11.0 Å². The van der Waals surface area contributed by atoms with Gasteiger partial charge in [-0.25, -0.2) is 8.42 Å². The van der Waals surface area contributed by atoms with Crippen LogP contribution in [0.4, 0.5) is 0 Å². The minimum atomic E-state index is -3.21. The fourth-order valence-electron chi connectivity index (χ4n) is 3.57. The second-order valence-corrected chi connectivity index (χ2v) is 9.76.